The van der Waals surface area contributed by atoms with Gasteiger partial charge in [-0.25, -0.2) is 8.42 Å². The van der Waals surface area contributed by atoms with Crippen molar-refractivity contribution in [3.63, 3.8) is 0 Å². The predicted molar refractivity (Wildman–Crippen MR) is 152 cm³/mol. The molecule has 0 aromatic heterocycles. The maximum atomic E-state index is 13.9. The van der Waals surface area contributed by atoms with Gasteiger partial charge in [0.05, 0.1) is 10.6 Å². The number of hydrogen-bond donors (Lipinski definition) is 1. The van der Waals surface area contributed by atoms with Gasteiger partial charge in [0.25, 0.3) is 10.0 Å². The van der Waals surface area contributed by atoms with Gasteiger partial charge in [0.1, 0.15) is 12.6 Å². The molecular formula is C28H31Cl2N3O4S. The Labute approximate surface area is 234 Å². The normalized spacial score (nSPS) is 12.1. The molecule has 0 unspecified atom stereocenters. The third-order valence-corrected chi connectivity index (χ3v) is 8.62. The van der Waals surface area contributed by atoms with Crippen molar-refractivity contribution in [2.75, 3.05) is 17.9 Å². The molecule has 3 aromatic carbocycles. The van der Waals surface area contributed by atoms with Crippen LogP contribution in [0.2, 0.25) is 10.0 Å². The Kier molecular flexibility index (Phi) is 9.82. The molecule has 0 bridgehead atoms. The fourth-order valence-corrected chi connectivity index (χ4v) is 6.06. The van der Waals surface area contributed by atoms with Gasteiger partial charge in [-0.15, -0.1) is 0 Å². The average molecular weight is 577 g/mol. The number of benzene rings is 3. The number of carbonyl (C=O) groups excluding carboxylic acids is 2. The Balaban J connectivity index is 2.09. The van der Waals surface area contributed by atoms with Crippen molar-refractivity contribution in [3.8, 4) is 0 Å². The van der Waals surface area contributed by atoms with Crippen LogP contribution in [0.3, 0.4) is 0 Å². The lowest BCUT2D eigenvalue weighted by atomic mass is 10.1. The van der Waals surface area contributed by atoms with Gasteiger partial charge in [0, 0.05) is 23.6 Å². The van der Waals surface area contributed by atoms with Gasteiger partial charge in [-0.1, -0.05) is 72.1 Å². The average Bonchev–Trinajstić information content (AvgIpc) is 2.88. The molecule has 1 N–H and O–H groups in total. The van der Waals surface area contributed by atoms with Gasteiger partial charge < -0.3 is 10.2 Å². The van der Waals surface area contributed by atoms with E-state index in [0.717, 1.165) is 9.87 Å². The number of sulfonamides is 1. The largest absolute Gasteiger partial charge is 0.357 e. The lowest BCUT2D eigenvalue weighted by molar-refractivity contribution is -0.140. The summed E-state index contributed by atoms with van der Waals surface area (Å²) in [4.78, 5) is 28.2. The zero-order chi connectivity index (χ0) is 28.0. The first kappa shape index (κ1) is 29.5. The Morgan fingerprint density at radius 1 is 0.974 bits per heavy atom. The van der Waals surface area contributed by atoms with Crippen LogP contribution >= 0.6 is 23.2 Å². The number of nitrogens with zero attached hydrogens (tertiary/aromatic N) is 2. The number of rotatable bonds is 10. The monoisotopic (exact) mass is 575 g/mol. The number of para-hydroxylation sites is 1. The molecule has 0 spiro atoms. The molecule has 0 radical (unpaired) electrons. The van der Waals surface area contributed by atoms with Crippen LogP contribution in [0, 0.1) is 13.8 Å². The van der Waals surface area contributed by atoms with Crippen molar-refractivity contribution in [2.24, 2.45) is 0 Å². The highest BCUT2D eigenvalue weighted by atomic mass is 35.5. The van der Waals surface area contributed by atoms with E-state index in [9.17, 15) is 18.0 Å². The maximum absolute atomic E-state index is 13.9. The van der Waals surface area contributed by atoms with Crippen LogP contribution in [0.4, 0.5) is 5.69 Å². The van der Waals surface area contributed by atoms with Gasteiger partial charge in [-0.2, -0.15) is 0 Å². The van der Waals surface area contributed by atoms with Gasteiger partial charge in [-0.3, -0.25) is 13.9 Å². The highest BCUT2D eigenvalue weighted by Crippen LogP contribution is 2.28. The molecule has 0 aliphatic heterocycles. The topological polar surface area (TPSA) is 86.8 Å². The van der Waals surface area contributed by atoms with Gasteiger partial charge >= 0.3 is 0 Å². The summed E-state index contributed by atoms with van der Waals surface area (Å²) < 4.78 is 28.8. The summed E-state index contributed by atoms with van der Waals surface area (Å²) in [5, 5.41) is 3.37. The zero-order valence-electron chi connectivity index (χ0n) is 21.7. The van der Waals surface area contributed by atoms with E-state index in [1.54, 1.807) is 68.4 Å². The van der Waals surface area contributed by atoms with Crippen molar-refractivity contribution in [2.45, 2.75) is 44.7 Å². The van der Waals surface area contributed by atoms with E-state index < -0.39 is 28.5 Å². The molecule has 0 fully saturated rings. The van der Waals surface area contributed by atoms with Crippen molar-refractivity contribution >= 4 is 50.7 Å². The number of aryl methyl sites for hydroxylation is 2. The summed E-state index contributed by atoms with van der Waals surface area (Å²) in [5.74, 6) is -0.917. The molecule has 202 valence electrons. The summed E-state index contributed by atoms with van der Waals surface area (Å²) >= 11 is 12.4. The number of carbonyl (C=O) groups is 2. The van der Waals surface area contributed by atoms with Crippen LogP contribution in [-0.2, 0) is 26.2 Å². The molecule has 10 heteroatoms. The van der Waals surface area contributed by atoms with Crippen molar-refractivity contribution in [1.29, 1.82) is 0 Å². The molecule has 7 nitrogen and oxygen atoms in total. The maximum Gasteiger partial charge on any atom is 0.264 e. The highest BCUT2D eigenvalue weighted by molar-refractivity contribution is 7.92. The smallest absolute Gasteiger partial charge is 0.264 e. The SMILES string of the molecule is CC[C@@H](C(=O)NC)N(Cc1ccc(Cl)cc1Cl)C(=O)CN(c1ccccc1C)S(=O)(=O)c1ccc(C)cc1. The molecule has 38 heavy (non-hydrogen) atoms. The molecule has 0 aliphatic rings. The molecule has 0 heterocycles. The van der Waals surface area contributed by atoms with Gasteiger partial charge in [-0.05, 0) is 61.7 Å². The Bertz CT molecular complexity index is 1410. The number of anilines is 1. The number of halogens is 2. The van der Waals surface area contributed by atoms with E-state index in [2.05, 4.69) is 5.32 Å². The fourth-order valence-electron chi connectivity index (χ4n) is 4.11. The van der Waals surface area contributed by atoms with Gasteiger partial charge in [0.15, 0.2) is 0 Å². The molecule has 0 aliphatic carbocycles. The quantitative estimate of drug-likeness (QED) is 0.352. The first-order valence-corrected chi connectivity index (χ1v) is 14.3. The highest BCUT2D eigenvalue weighted by Gasteiger charge is 2.34. The minimum absolute atomic E-state index is 0.00699. The van der Waals surface area contributed by atoms with Crippen LogP contribution in [0.25, 0.3) is 0 Å². The van der Waals surface area contributed by atoms with Crippen LogP contribution in [-0.4, -0.2) is 44.8 Å². The summed E-state index contributed by atoms with van der Waals surface area (Å²) in [7, 11) is -2.63. The lowest BCUT2D eigenvalue weighted by Crippen LogP contribution is -2.51. The molecule has 2 amide bonds. The standard InChI is InChI=1S/C28H31Cl2N3O4S/c1-5-25(28(35)31-4)32(17-21-12-13-22(29)16-24(21)30)27(34)18-33(26-9-7-6-8-20(26)3)38(36,37)23-14-10-19(2)11-15-23/h6-16,25H,5,17-18H2,1-4H3,(H,31,35)/t25-/m0/s1. The van der Waals surface area contributed by atoms with E-state index in [4.69, 9.17) is 23.2 Å². The molecule has 0 saturated carbocycles. The Morgan fingerprint density at radius 3 is 2.21 bits per heavy atom. The first-order valence-electron chi connectivity index (χ1n) is 12.1. The predicted octanol–water partition coefficient (Wildman–Crippen LogP) is 5.36. The summed E-state index contributed by atoms with van der Waals surface area (Å²) in [5.41, 5.74) is 2.54. The Hall–Kier alpha value is -3.07. The molecular weight excluding hydrogens is 545 g/mol. The summed E-state index contributed by atoms with van der Waals surface area (Å²) in [6.45, 7) is 4.91. The summed E-state index contributed by atoms with van der Waals surface area (Å²) in [6.07, 6.45) is 0.311. The third-order valence-electron chi connectivity index (χ3n) is 6.26. The van der Waals surface area contributed by atoms with E-state index >= 15 is 0 Å². The summed E-state index contributed by atoms with van der Waals surface area (Å²) in [6, 6.07) is 17.4. The van der Waals surface area contributed by atoms with Crippen molar-refractivity contribution in [1.82, 2.24) is 10.2 Å². The lowest BCUT2D eigenvalue weighted by Gasteiger charge is -2.33. The van der Waals surface area contributed by atoms with Crippen molar-refractivity contribution < 1.29 is 18.0 Å². The second kappa shape index (κ2) is 12.7. The van der Waals surface area contributed by atoms with Crippen LogP contribution in [0.1, 0.15) is 30.0 Å². The molecule has 0 saturated heterocycles. The second-order valence-electron chi connectivity index (χ2n) is 8.91. The number of amides is 2. The van der Waals surface area contributed by atoms with E-state index in [1.165, 1.54) is 24.1 Å². The zero-order valence-corrected chi connectivity index (χ0v) is 24.1. The molecule has 3 rings (SSSR count). The second-order valence-corrected chi connectivity index (χ2v) is 11.6. The fraction of sp³-hybridized carbons (Fsp3) is 0.286. The van der Waals surface area contributed by atoms with E-state index in [1.807, 2.05) is 6.92 Å². The van der Waals surface area contributed by atoms with Crippen LogP contribution in [0.5, 0.6) is 0 Å². The van der Waals surface area contributed by atoms with Crippen LogP contribution < -0.4 is 9.62 Å². The Morgan fingerprint density at radius 2 is 1.63 bits per heavy atom. The third kappa shape index (κ3) is 6.67. The number of hydrogen-bond acceptors (Lipinski definition) is 4. The van der Waals surface area contributed by atoms with E-state index in [0.29, 0.717) is 33.3 Å². The molecule has 3 aromatic rings. The number of likely N-dealkylation sites (N-methyl/N-ethyl adjacent to an activating group) is 1. The van der Waals surface area contributed by atoms with Crippen LogP contribution in [0.15, 0.2) is 71.6 Å². The van der Waals surface area contributed by atoms with Crippen molar-refractivity contribution in [3.05, 3.63) is 93.5 Å². The minimum atomic E-state index is -4.13. The minimum Gasteiger partial charge on any atom is -0.357 e. The first-order chi connectivity index (χ1) is 18.0. The van der Waals surface area contributed by atoms with Gasteiger partial charge in [0.2, 0.25) is 11.8 Å². The molecule has 1 atom stereocenters. The van der Waals surface area contributed by atoms with E-state index in [-0.39, 0.29) is 17.3 Å². The number of nitrogens with one attached hydrogen (secondary N) is 1.